The van der Waals surface area contributed by atoms with E-state index in [1.165, 1.54) is 0 Å². The highest BCUT2D eigenvalue weighted by Gasteiger charge is 2.29. The van der Waals surface area contributed by atoms with Gasteiger partial charge in [0.1, 0.15) is 5.71 Å². The first-order chi connectivity index (χ1) is 8.89. The minimum absolute atomic E-state index is 0.302. The second-order valence-corrected chi connectivity index (χ2v) is 5.21. The van der Waals surface area contributed by atoms with Gasteiger partial charge in [-0.2, -0.15) is 0 Å². The molecule has 0 radical (unpaired) electrons. The van der Waals surface area contributed by atoms with Gasteiger partial charge in [0.25, 0.3) is 0 Å². The molecule has 1 rings (SSSR count). The summed E-state index contributed by atoms with van der Waals surface area (Å²) in [6, 6.07) is 9.84. The summed E-state index contributed by atoms with van der Waals surface area (Å²) in [5.41, 5.74) is 1.48. The van der Waals surface area contributed by atoms with Gasteiger partial charge in [0.15, 0.2) is 12.4 Å². The van der Waals surface area contributed by atoms with Crippen LogP contribution in [-0.2, 0) is 9.63 Å². The molecule has 0 aliphatic heterocycles. The number of benzene rings is 1. The largest absolute Gasteiger partial charge is 0.385 e. The Bertz CT molecular complexity index is 439. The first-order valence-electron chi connectivity index (χ1n) is 6.32. The highest BCUT2D eigenvalue weighted by atomic mass is 16.6. The van der Waals surface area contributed by atoms with E-state index in [4.69, 9.17) is 4.84 Å². The molecule has 0 saturated carbocycles. The molecule has 0 aliphatic rings. The van der Waals surface area contributed by atoms with Crippen molar-refractivity contribution < 1.29 is 9.63 Å². The topological polar surface area (TPSA) is 41.9 Å². The Morgan fingerprint density at radius 1 is 1.32 bits per heavy atom. The lowest BCUT2D eigenvalue weighted by Gasteiger charge is -2.33. The van der Waals surface area contributed by atoms with Crippen molar-refractivity contribution >= 4 is 12.0 Å². The van der Waals surface area contributed by atoms with Gasteiger partial charge in [-0.05, 0) is 34.9 Å². The number of oxime groups is 1. The highest BCUT2D eigenvalue weighted by molar-refractivity contribution is 6.06. The van der Waals surface area contributed by atoms with Crippen LogP contribution in [0.1, 0.15) is 26.3 Å². The zero-order chi connectivity index (χ0) is 14.5. The standard InChI is InChI=1S/C15H22N2O2/c1-12(11-18)19-16-14(15(2,3)17(4)5)13-9-7-6-8-10-13/h6-12H,1-5H3. The van der Waals surface area contributed by atoms with E-state index in [1.807, 2.05) is 44.4 Å². The van der Waals surface area contributed by atoms with Crippen molar-refractivity contribution in [3.05, 3.63) is 35.9 Å². The molecule has 19 heavy (non-hydrogen) atoms. The lowest BCUT2D eigenvalue weighted by molar-refractivity contribution is -0.117. The molecule has 4 nitrogen and oxygen atoms in total. The van der Waals surface area contributed by atoms with Gasteiger partial charge in [0, 0.05) is 5.56 Å². The van der Waals surface area contributed by atoms with Crippen LogP contribution in [0.3, 0.4) is 0 Å². The third-order valence-electron chi connectivity index (χ3n) is 3.25. The van der Waals surface area contributed by atoms with E-state index < -0.39 is 6.10 Å². The van der Waals surface area contributed by atoms with Crippen LogP contribution < -0.4 is 0 Å². The Morgan fingerprint density at radius 2 is 1.89 bits per heavy atom. The summed E-state index contributed by atoms with van der Waals surface area (Å²) in [5.74, 6) is 0. The minimum Gasteiger partial charge on any atom is -0.385 e. The van der Waals surface area contributed by atoms with E-state index in [9.17, 15) is 4.79 Å². The Morgan fingerprint density at radius 3 is 2.37 bits per heavy atom. The maximum Gasteiger partial charge on any atom is 0.179 e. The first kappa shape index (κ1) is 15.4. The fraction of sp³-hybridized carbons (Fsp3) is 0.467. The molecule has 1 unspecified atom stereocenters. The van der Waals surface area contributed by atoms with Gasteiger partial charge in [0.05, 0.1) is 5.54 Å². The summed E-state index contributed by atoms with van der Waals surface area (Å²) in [6.45, 7) is 5.79. The van der Waals surface area contributed by atoms with Crippen LogP contribution in [-0.4, -0.2) is 42.6 Å². The third kappa shape index (κ3) is 3.89. The normalized spacial score (nSPS) is 14.3. The Kier molecular flexibility index (Phi) is 5.24. The molecule has 0 aromatic heterocycles. The number of carbonyl (C=O) groups excluding carboxylic acids is 1. The van der Waals surface area contributed by atoms with E-state index in [1.54, 1.807) is 6.92 Å². The van der Waals surface area contributed by atoms with Crippen molar-refractivity contribution in [3.63, 3.8) is 0 Å². The van der Waals surface area contributed by atoms with Crippen molar-refractivity contribution in [1.82, 2.24) is 4.90 Å². The van der Waals surface area contributed by atoms with E-state index >= 15 is 0 Å². The summed E-state index contributed by atoms with van der Waals surface area (Å²) in [4.78, 5) is 17.9. The van der Waals surface area contributed by atoms with E-state index in [2.05, 4.69) is 23.9 Å². The Balaban J connectivity index is 3.15. The molecular weight excluding hydrogens is 240 g/mol. The third-order valence-corrected chi connectivity index (χ3v) is 3.25. The number of rotatable bonds is 6. The summed E-state index contributed by atoms with van der Waals surface area (Å²) in [5, 5.41) is 4.20. The van der Waals surface area contributed by atoms with Crippen LogP contribution in [0.15, 0.2) is 35.5 Å². The molecule has 0 spiro atoms. The van der Waals surface area contributed by atoms with Crippen LogP contribution in [0.4, 0.5) is 0 Å². The van der Waals surface area contributed by atoms with Crippen LogP contribution >= 0.6 is 0 Å². The number of hydrogen-bond donors (Lipinski definition) is 0. The fourth-order valence-electron chi connectivity index (χ4n) is 1.49. The van der Waals surface area contributed by atoms with Gasteiger partial charge in [-0.3, -0.25) is 9.69 Å². The van der Waals surface area contributed by atoms with Crippen molar-refractivity contribution in [3.8, 4) is 0 Å². The SMILES string of the molecule is CC(C=O)ON=C(c1ccccc1)C(C)(C)N(C)C. The molecule has 1 aromatic rings. The van der Waals surface area contributed by atoms with Crippen molar-refractivity contribution in [2.45, 2.75) is 32.4 Å². The number of carbonyl (C=O) groups is 1. The molecule has 0 N–H and O–H groups in total. The smallest absolute Gasteiger partial charge is 0.179 e. The van der Waals surface area contributed by atoms with Gasteiger partial charge in [-0.1, -0.05) is 35.5 Å². The fourth-order valence-corrected chi connectivity index (χ4v) is 1.49. The Hall–Kier alpha value is -1.68. The van der Waals surface area contributed by atoms with Crippen LogP contribution in [0.25, 0.3) is 0 Å². The summed E-state index contributed by atoms with van der Waals surface area (Å²) in [7, 11) is 3.98. The zero-order valence-corrected chi connectivity index (χ0v) is 12.3. The molecule has 1 aromatic carbocycles. The monoisotopic (exact) mass is 262 g/mol. The first-order valence-corrected chi connectivity index (χ1v) is 6.32. The number of nitrogens with zero attached hydrogens (tertiary/aromatic N) is 2. The molecule has 0 fully saturated rings. The minimum atomic E-state index is -0.545. The molecular formula is C15H22N2O2. The number of hydrogen-bond acceptors (Lipinski definition) is 4. The molecule has 0 bridgehead atoms. The van der Waals surface area contributed by atoms with Gasteiger partial charge < -0.3 is 4.84 Å². The molecule has 1 atom stereocenters. The molecule has 0 aliphatic carbocycles. The number of aldehydes is 1. The molecule has 4 heteroatoms. The second kappa shape index (κ2) is 6.48. The van der Waals surface area contributed by atoms with E-state index in [-0.39, 0.29) is 5.54 Å². The summed E-state index contributed by atoms with van der Waals surface area (Å²) >= 11 is 0. The van der Waals surface area contributed by atoms with Crippen LogP contribution in [0, 0.1) is 0 Å². The number of likely N-dealkylation sites (N-methyl/N-ethyl adjacent to an activating group) is 1. The van der Waals surface area contributed by atoms with Crippen LogP contribution in [0.5, 0.6) is 0 Å². The van der Waals surface area contributed by atoms with Crippen molar-refractivity contribution in [2.75, 3.05) is 14.1 Å². The van der Waals surface area contributed by atoms with Gasteiger partial charge in [-0.25, -0.2) is 0 Å². The predicted molar refractivity (Wildman–Crippen MR) is 77.4 cm³/mol. The van der Waals surface area contributed by atoms with Gasteiger partial charge in [-0.15, -0.1) is 0 Å². The summed E-state index contributed by atoms with van der Waals surface area (Å²) < 4.78 is 0. The molecule has 104 valence electrons. The van der Waals surface area contributed by atoms with Crippen LogP contribution in [0.2, 0.25) is 0 Å². The average molecular weight is 262 g/mol. The lowest BCUT2D eigenvalue weighted by atomic mass is 9.91. The zero-order valence-electron chi connectivity index (χ0n) is 12.3. The Labute approximate surface area is 115 Å². The molecule has 0 amide bonds. The van der Waals surface area contributed by atoms with Gasteiger partial charge in [0.2, 0.25) is 0 Å². The maximum absolute atomic E-state index is 10.6. The van der Waals surface area contributed by atoms with Gasteiger partial charge >= 0.3 is 0 Å². The van der Waals surface area contributed by atoms with E-state index in [0.717, 1.165) is 17.6 Å². The predicted octanol–water partition coefficient (Wildman–Crippen LogP) is 2.33. The molecule has 0 saturated heterocycles. The highest BCUT2D eigenvalue weighted by Crippen LogP contribution is 2.19. The van der Waals surface area contributed by atoms with Crippen molar-refractivity contribution in [1.29, 1.82) is 0 Å². The lowest BCUT2D eigenvalue weighted by Crippen LogP contribution is -2.46. The quantitative estimate of drug-likeness (QED) is 0.449. The average Bonchev–Trinajstić information content (AvgIpc) is 2.39. The second-order valence-electron chi connectivity index (χ2n) is 5.21. The maximum atomic E-state index is 10.6. The molecule has 0 heterocycles. The van der Waals surface area contributed by atoms with E-state index in [0.29, 0.717) is 0 Å². The van der Waals surface area contributed by atoms with Crippen molar-refractivity contribution in [2.24, 2.45) is 5.16 Å². The summed E-state index contributed by atoms with van der Waals surface area (Å²) in [6.07, 6.45) is 0.186.